The van der Waals surface area contributed by atoms with E-state index >= 15 is 0 Å². The molecule has 1 atom stereocenters. The Balaban J connectivity index is 1.51. The molecule has 3 aromatic carbocycles. The van der Waals surface area contributed by atoms with Crippen molar-refractivity contribution in [2.45, 2.75) is 40.3 Å². The van der Waals surface area contributed by atoms with Crippen LogP contribution >= 0.6 is 0 Å². The number of benzene rings is 3. The molecule has 2 N–H and O–H groups in total. The lowest BCUT2D eigenvalue weighted by molar-refractivity contribution is 0.102. The summed E-state index contributed by atoms with van der Waals surface area (Å²) in [5.74, 6) is 0.633. The Bertz CT molecular complexity index is 1650. The van der Waals surface area contributed by atoms with Crippen molar-refractivity contribution in [3.8, 4) is 17.0 Å². The van der Waals surface area contributed by atoms with Gasteiger partial charge in [-0.3, -0.25) is 4.79 Å². The molecule has 198 valence electrons. The average Bonchev–Trinajstić information content (AvgIpc) is 3.27. The number of methoxy groups -OCH3 is 1. The number of pyridine rings is 1. The minimum Gasteiger partial charge on any atom is -0.497 e. The molecule has 39 heavy (non-hydrogen) atoms. The van der Waals surface area contributed by atoms with E-state index in [4.69, 9.17) is 14.8 Å². The first-order chi connectivity index (χ1) is 18.7. The number of nitrogens with one attached hydrogen (secondary N) is 1. The number of fused-ring (bicyclic) bond motifs is 1. The molecular weight excluding hydrogens is 488 g/mol. The fourth-order valence-electron chi connectivity index (χ4n) is 4.83. The van der Waals surface area contributed by atoms with Crippen LogP contribution < -0.4 is 10.1 Å². The number of anilines is 1. The van der Waals surface area contributed by atoms with E-state index in [9.17, 15) is 9.90 Å². The minimum absolute atomic E-state index is 0.154. The van der Waals surface area contributed by atoms with Crippen molar-refractivity contribution in [3.63, 3.8) is 0 Å². The number of aliphatic hydroxyl groups excluding tert-OH is 1. The predicted octanol–water partition coefficient (Wildman–Crippen LogP) is 6.39. The maximum atomic E-state index is 13.0. The summed E-state index contributed by atoms with van der Waals surface area (Å²) >= 11 is 0. The molecule has 0 aliphatic rings. The number of nitrogens with zero attached hydrogens (tertiary/aromatic N) is 3. The fourth-order valence-corrected chi connectivity index (χ4v) is 4.83. The minimum atomic E-state index is -0.734. The molecule has 0 saturated carbocycles. The Labute approximate surface area is 228 Å². The van der Waals surface area contributed by atoms with Gasteiger partial charge in [-0.25, -0.2) is 9.67 Å². The van der Waals surface area contributed by atoms with Crippen LogP contribution in [0.1, 0.15) is 51.3 Å². The largest absolute Gasteiger partial charge is 0.497 e. The summed E-state index contributed by atoms with van der Waals surface area (Å²) in [5, 5.41) is 18.9. The molecule has 5 aromatic rings. The van der Waals surface area contributed by atoms with Crippen LogP contribution in [0.4, 0.5) is 5.69 Å². The van der Waals surface area contributed by atoms with E-state index in [1.165, 1.54) is 0 Å². The molecule has 0 aliphatic carbocycles. The molecule has 0 fully saturated rings. The van der Waals surface area contributed by atoms with E-state index in [-0.39, 0.29) is 5.91 Å². The van der Waals surface area contributed by atoms with Crippen LogP contribution in [0.25, 0.3) is 22.3 Å². The van der Waals surface area contributed by atoms with E-state index in [0.29, 0.717) is 29.1 Å². The molecule has 7 nitrogen and oxygen atoms in total. The highest BCUT2D eigenvalue weighted by molar-refractivity contribution is 6.04. The molecule has 2 heterocycles. The Morgan fingerprint density at radius 3 is 2.36 bits per heavy atom. The topological polar surface area (TPSA) is 89.3 Å². The second kappa shape index (κ2) is 10.7. The zero-order chi connectivity index (χ0) is 27.7. The van der Waals surface area contributed by atoms with Gasteiger partial charge in [0.2, 0.25) is 0 Å². The van der Waals surface area contributed by atoms with Crippen molar-refractivity contribution >= 4 is 22.6 Å². The third-order valence-electron chi connectivity index (χ3n) is 6.77. The van der Waals surface area contributed by atoms with Gasteiger partial charge in [-0.15, -0.1) is 0 Å². The van der Waals surface area contributed by atoms with Crippen LogP contribution in [0.2, 0.25) is 0 Å². The molecular formula is C32H32N4O3. The van der Waals surface area contributed by atoms with E-state index in [1.54, 1.807) is 14.0 Å². The smallest absolute Gasteiger partial charge is 0.255 e. The van der Waals surface area contributed by atoms with Gasteiger partial charge in [0.05, 0.1) is 25.5 Å². The molecule has 5 rings (SSSR count). The van der Waals surface area contributed by atoms with Gasteiger partial charge >= 0.3 is 0 Å². The number of amides is 1. The van der Waals surface area contributed by atoms with Gasteiger partial charge < -0.3 is 15.2 Å². The zero-order valence-corrected chi connectivity index (χ0v) is 22.8. The molecule has 0 bridgehead atoms. The highest BCUT2D eigenvalue weighted by Crippen LogP contribution is 2.30. The first-order valence-corrected chi connectivity index (χ1v) is 12.9. The maximum Gasteiger partial charge on any atom is 0.255 e. The predicted molar refractivity (Wildman–Crippen MR) is 154 cm³/mol. The lowest BCUT2D eigenvalue weighted by atomic mass is 10.0. The quantitative estimate of drug-likeness (QED) is 0.260. The third-order valence-corrected chi connectivity index (χ3v) is 6.77. The first kappa shape index (κ1) is 26.1. The number of rotatable bonds is 7. The second-order valence-corrected chi connectivity index (χ2v) is 9.99. The Kier molecular flexibility index (Phi) is 7.17. The summed E-state index contributed by atoms with van der Waals surface area (Å²) in [6, 6.07) is 23.3. The monoisotopic (exact) mass is 520 g/mol. The highest BCUT2D eigenvalue weighted by Gasteiger charge is 2.18. The van der Waals surface area contributed by atoms with Crippen molar-refractivity contribution in [2.24, 2.45) is 0 Å². The normalized spacial score (nSPS) is 11.9. The Morgan fingerprint density at radius 1 is 0.974 bits per heavy atom. The van der Waals surface area contributed by atoms with E-state index in [1.807, 2.05) is 98.2 Å². The number of aromatic nitrogens is 3. The molecule has 0 spiro atoms. The standard InChI is InChI=1S/C32H32N4O3/c1-19-14-20(2)16-24(15-19)32(38)33-25-9-6-21(3)28(17-25)29-13-12-27-30(22(4)37)35-36(31(27)34-29)18-23-7-10-26(39-5)11-8-23/h6-17,22,37H,18H2,1-5H3,(H,33,38). The van der Waals surface area contributed by atoms with Crippen LogP contribution in [0.5, 0.6) is 5.75 Å². The van der Waals surface area contributed by atoms with Gasteiger partial charge in [-0.2, -0.15) is 5.10 Å². The van der Waals surface area contributed by atoms with E-state index in [2.05, 4.69) is 5.32 Å². The number of aliphatic hydroxyl groups is 1. The summed E-state index contributed by atoms with van der Waals surface area (Å²) in [6.07, 6.45) is -0.734. The van der Waals surface area contributed by atoms with Crippen LogP contribution in [0, 0.1) is 20.8 Å². The fraction of sp³-hybridized carbons (Fsp3) is 0.219. The van der Waals surface area contributed by atoms with Crippen molar-refractivity contribution in [1.29, 1.82) is 0 Å². The molecule has 2 aromatic heterocycles. The van der Waals surface area contributed by atoms with E-state index < -0.39 is 6.10 Å². The summed E-state index contributed by atoms with van der Waals surface area (Å²) in [6.45, 7) is 8.19. The summed E-state index contributed by atoms with van der Waals surface area (Å²) in [7, 11) is 1.64. The number of ether oxygens (including phenoxy) is 1. The van der Waals surface area contributed by atoms with Gasteiger partial charge in [0.1, 0.15) is 11.4 Å². The average molecular weight is 521 g/mol. The Morgan fingerprint density at radius 2 is 1.69 bits per heavy atom. The molecule has 7 heteroatoms. The van der Waals surface area contributed by atoms with Crippen molar-refractivity contribution < 1.29 is 14.6 Å². The van der Waals surface area contributed by atoms with Gasteiger partial charge in [0.15, 0.2) is 5.65 Å². The first-order valence-electron chi connectivity index (χ1n) is 12.9. The SMILES string of the molecule is COc1ccc(Cn2nc(C(C)O)c3ccc(-c4cc(NC(=O)c5cc(C)cc(C)c5)ccc4C)nc32)cc1. The maximum absolute atomic E-state index is 13.0. The molecule has 0 aliphatic heterocycles. The second-order valence-electron chi connectivity index (χ2n) is 9.99. The Hall–Kier alpha value is -4.49. The number of aryl methyl sites for hydroxylation is 3. The number of carbonyl (C=O) groups excluding carboxylic acids is 1. The molecule has 0 saturated heterocycles. The lowest BCUT2D eigenvalue weighted by Crippen LogP contribution is -2.12. The van der Waals surface area contributed by atoms with Crippen molar-refractivity contribution in [3.05, 3.63) is 106 Å². The van der Waals surface area contributed by atoms with Gasteiger partial charge in [0.25, 0.3) is 5.91 Å². The van der Waals surface area contributed by atoms with Crippen LogP contribution in [-0.4, -0.2) is 32.9 Å². The number of carbonyl (C=O) groups is 1. The highest BCUT2D eigenvalue weighted by atomic mass is 16.5. The number of hydrogen-bond acceptors (Lipinski definition) is 5. The lowest BCUT2D eigenvalue weighted by Gasteiger charge is -2.12. The molecule has 0 radical (unpaired) electrons. The van der Waals surface area contributed by atoms with Crippen LogP contribution in [0.3, 0.4) is 0 Å². The van der Waals surface area contributed by atoms with Crippen LogP contribution in [-0.2, 0) is 6.54 Å². The third kappa shape index (κ3) is 5.54. The van der Waals surface area contributed by atoms with Crippen molar-refractivity contribution in [2.75, 3.05) is 12.4 Å². The summed E-state index contributed by atoms with van der Waals surface area (Å²) in [4.78, 5) is 18.0. The summed E-state index contributed by atoms with van der Waals surface area (Å²) < 4.78 is 7.10. The molecule has 1 unspecified atom stereocenters. The van der Waals surface area contributed by atoms with Crippen molar-refractivity contribution in [1.82, 2.24) is 14.8 Å². The van der Waals surface area contributed by atoms with Gasteiger partial charge in [-0.05, 0) is 87.4 Å². The van der Waals surface area contributed by atoms with Crippen LogP contribution in [0.15, 0.2) is 72.8 Å². The van der Waals surface area contributed by atoms with Gasteiger partial charge in [-0.1, -0.05) is 35.4 Å². The summed E-state index contributed by atoms with van der Waals surface area (Å²) in [5.41, 5.74) is 8.42. The molecule has 1 amide bonds. The zero-order valence-electron chi connectivity index (χ0n) is 22.8. The van der Waals surface area contributed by atoms with Gasteiger partial charge in [0, 0.05) is 22.2 Å². The number of hydrogen-bond donors (Lipinski definition) is 2. The van der Waals surface area contributed by atoms with E-state index in [0.717, 1.165) is 44.6 Å².